The highest BCUT2D eigenvalue weighted by Crippen LogP contribution is 2.50. The van der Waals surface area contributed by atoms with Crippen LogP contribution in [0.5, 0.6) is 0 Å². The Morgan fingerprint density at radius 3 is 1.97 bits per heavy atom. The molecule has 6 aromatic carbocycles. The van der Waals surface area contributed by atoms with Crippen LogP contribution >= 0.6 is 11.8 Å². The summed E-state index contributed by atoms with van der Waals surface area (Å²) in [5, 5.41) is 3.71. The zero-order valence-electron chi connectivity index (χ0n) is 32.3. The molecule has 1 aromatic heterocycles. The highest BCUT2D eigenvalue weighted by atomic mass is 32.2. The number of hydrogen-bond donors (Lipinski definition) is 1. The van der Waals surface area contributed by atoms with Gasteiger partial charge < -0.3 is 5.32 Å². The SMILES string of the molecule is CC1(C)c2ccccc2Sc2ccc(-c3cc(C4=NC(c5ccccc5)=NC(c5ccccc5)N4)cc(-c4nc(C5=CC=CCC5)nc(-c5ccccc5)n4)c3)cc21. The van der Waals surface area contributed by atoms with Crippen molar-refractivity contribution in [2.75, 3.05) is 0 Å². The second kappa shape index (κ2) is 15.0. The molecule has 0 saturated carbocycles. The van der Waals surface area contributed by atoms with Gasteiger partial charge in [-0.25, -0.2) is 24.9 Å². The van der Waals surface area contributed by atoms with Crippen LogP contribution in [-0.4, -0.2) is 26.6 Å². The summed E-state index contributed by atoms with van der Waals surface area (Å²) in [5.41, 5.74) is 10.5. The lowest BCUT2D eigenvalue weighted by Crippen LogP contribution is -2.33. The second-order valence-electron chi connectivity index (χ2n) is 15.3. The third kappa shape index (κ3) is 6.88. The first kappa shape index (κ1) is 35.7. The van der Waals surface area contributed by atoms with Gasteiger partial charge in [-0.3, -0.25) is 0 Å². The number of nitrogens with one attached hydrogen (secondary N) is 1. The van der Waals surface area contributed by atoms with Crippen LogP contribution in [0.1, 0.15) is 66.5 Å². The summed E-state index contributed by atoms with van der Waals surface area (Å²) < 4.78 is 0. The Hall–Kier alpha value is -6.70. The molecule has 0 bridgehead atoms. The van der Waals surface area contributed by atoms with E-state index in [2.05, 4.69) is 134 Å². The normalized spacial score (nSPS) is 16.6. The zero-order valence-corrected chi connectivity index (χ0v) is 33.1. The van der Waals surface area contributed by atoms with E-state index < -0.39 is 0 Å². The summed E-state index contributed by atoms with van der Waals surface area (Å²) in [6.07, 6.45) is 7.89. The zero-order chi connectivity index (χ0) is 39.1. The maximum atomic E-state index is 5.22. The number of aromatic nitrogens is 3. The van der Waals surface area contributed by atoms with Crippen molar-refractivity contribution in [1.82, 2.24) is 20.3 Å². The molecule has 0 amide bonds. The molecule has 3 heterocycles. The second-order valence-corrected chi connectivity index (χ2v) is 16.4. The van der Waals surface area contributed by atoms with Crippen molar-refractivity contribution in [3.63, 3.8) is 0 Å². The fraction of sp³-hybridized carbons (Fsp3) is 0.118. The van der Waals surface area contributed by atoms with Crippen molar-refractivity contribution in [3.05, 3.63) is 204 Å². The molecule has 280 valence electrons. The Labute approximate surface area is 343 Å². The largest absolute Gasteiger partial charge is 0.344 e. The minimum absolute atomic E-state index is 0.178. The fourth-order valence-corrected chi connectivity index (χ4v) is 9.33. The summed E-state index contributed by atoms with van der Waals surface area (Å²) in [7, 11) is 0. The van der Waals surface area contributed by atoms with Gasteiger partial charge in [0.05, 0.1) is 0 Å². The van der Waals surface area contributed by atoms with Crippen molar-refractivity contribution < 1.29 is 0 Å². The standard InChI is InChI=1S/C51H40N6S/c1-51(2)41-25-15-16-26-43(41)58-44-28-27-37(32-42(44)51)38-29-39(49-54-45(33-17-7-3-8-18-33)52-46(55-49)34-19-9-4-10-20-34)31-40(30-38)50-56-47(35-21-11-5-12-22-35)53-48(57-50)36-23-13-6-14-24-36/h3-13,15-23,25-32,45H,14,24H2,1-2H3,(H,52,54,55). The lowest BCUT2D eigenvalue weighted by molar-refractivity contribution is 0.607. The van der Waals surface area contributed by atoms with E-state index in [0.717, 1.165) is 63.2 Å². The van der Waals surface area contributed by atoms with E-state index in [0.29, 0.717) is 23.3 Å². The van der Waals surface area contributed by atoms with E-state index in [1.54, 1.807) is 0 Å². The molecule has 10 rings (SSSR count). The van der Waals surface area contributed by atoms with Crippen LogP contribution in [0.2, 0.25) is 0 Å². The van der Waals surface area contributed by atoms with Crippen LogP contribution in [0.3, 0.4) is 0 Å². The molecular formula is C51H40N6S. The van der Waals surface area contributed by atoms with E-state index in [4.69, 9.17) is 24.9 Å². The Balaban J connectivity index is 1.17. The van der Waals surface area contributed by atoms with Gasteiger partial charge in [0.15, 0.2) is 23.3 Å². The molecule has 0 radical (unpaired) electrons. The molecule has 2 aliphatic heterocycles. The molecule has 0 fully saturated rings. The summed E-state index contributed by atoms with van der Waals surface area (Å²) in [6.45, 7) is 4.66. The predicted octanol–water partition coefficient (Wildman–Crippen LogP) is 11.9. The molecule has 0 spiro atoms. The third-order valence-electron chi connectivity index (χ3n) is 11.1. The first-order chi connectivity index (χ1) is 28.5. The molecule has 3 aliphatic rings. The monoisotopic (exact) mass is 768 g/mol. The Morgan fingerprint density at radius 1 is 0.569 bits per heavy atom. The van der Waals surface area contributed by atoms with Crippen molar-refractivity contribution in [2.24, 2.45) is 9.98 Å². The Morgan fingerprint density at radius 2 is 1.21 bits per heavy atom. The first-order valence-corrected chi connectivity index (χ1v) is 20.6. The van der Waals surface area contributed by atoms with Gasteiger partial charge in [-0.05, 0) is 82.6 Å². The average molecular weight is 769 g/mol. The highest BCUT2D eigenvalue weighted by Gasteiger charge is 2.33. The van der Waals surface area contributed by atoms with E-state index in [1.807, 2.05) is 66.4 Å². The number of fused-ring (bicyclic) bond motifs is 2. The third-order valence-corrected chi connectivity index (χ3v) is 12.2. The molecule has 0 saturated heterocycles. The predicted molar refractivity (Wildman–Crippen MR) is 237 cm³/mol. The van der Waals surface area contributed by atoms with E-state index in [1.165, 1.54) is 20.9 Å². The molecule has 1 N–H and O–H groups in total. The molecule has 1 aliphatic carbocycles. The van der Waals surface area contributed by atoms with Gasteiger partial charge in [0.25, 0.3) is 0 Å². The molecule has 7 heteroatoms. The first-order valence-electron chi connectivity index (χ1n) is 19.8. The van der Waals surface area contributed by atoms with Crippen LogP contribution in [0, 0.1) is 0 Å². The molecular weight excluding hydrogens is 729 g/mol. The minimum atomic E-state index is -0.336. The number of nitrogens with zero attached hydrogens (tertiary/aromatic N) is 5. The number of benzene rings is 6. The van der Waals surface area contributed by atoms with Gasteiger partial charge in [0.1, 0.15) is 12.0 Å². The van der Waals surface area contributed by atoms with Crippen LogP contribution < -0.4 is 5.32 Å². The number of hydrogen-bond acceptors (Lipinski definition) is 7. The number of amidine groups is 2. The summed E-state index contributed by atoms with van der Waals surface area (Å²) in [6, 6.07) is 53.0. The molecule has 58 heavy (non-hydrogen) atoms. The topological polar surface area (TPSA) is 75.4 Å². The van der Waals surface area contributed by atoms with Crippen LogP contribution in [0.15, 0.2) is 190 Å². The molecule has 7 aromatic rings. The number of rotatable bonds is 7. The number of allylic oxidation sites excluding steroid dienone is 4. The van der Waals surface area contributed by atoms with Crippen LogP contribution in [0.4, 0.5) is 0 Å². The molecule has 6 nitrogen and oxygen atoms in total. The van der Waals surface area contributed by atoms with Crippen LogP contribution in [0.25, 0.3) is 39.5 Å². The maximum absolute atomic E-state index is 5.22. The molecule has 1 atom stereocenters. The average Bonchev–Trinajstić information content (AvgIpc) is 3.30. The van der Waals surface area contributed by atoms with Gasteiger partial charge >= 0.3 is 0 Å². The van der Waals surface area contributed by atoms with Crippen LogP contribution in [-0.2, 0) is 5.41 Å². The summed E-state index contributed by atoms with van der Waals surface area (Å²) in [4.78, 5) is 28.4. The lowest BCUT2D eigenvalue weighted by Gasteiger charge is -2.35. The van der Waals surface area contributed by atoms with Gasteiger partial charge in [0, 0.05) is 37.5 Å². The van der Waals surface area contributed by atoms with Crippen molar-refractivity contribution >= 4 is 29.0 Å². The van der Waals surface area contributed by atoms with Gasteiger partial charge in [-0.2, -0.15) is 0 Å². The Kier molecular flexibility index (Phi) is 9.23. The van der Waals surface area contributed by atoms with E-state index >= 15 is 0 Å². The van der Waals surface area contributed by atoms with Crippen molar-refractivity contribution in [3.8, 4) is 33.9 Å². The summed E-state index contributed by atoms with van der Waals surface area (Å²) >= 11 is 1.85. The van der Waals surface area contributed by atoms with Crippen molar-refractivity contribution in [2.45, 2.75) is 48.1 Å². The van der Waals surface area contributed by atoms with Gasteiger partial charge in [-0.15, -0.1) is 0 Å². The van der Waals surface area contributed by atoms with Gasteiger partial charge in [-0.1, -0.05) is 159 Å². The van der Waals surface area contributed by atoms with E-state index in [9.17, 15) is 0 Å². The minimum Gasteiger partial charge on any atom is -0.344 e. The summed E-state index contributed by atoms with van der Waals surface area (Å²) in [5.74, 6) is 3.35. The highest BCUT2D eigenvalue weighted by molar-refractivity contribution is 7.99. The fourth-order valence-electron chi connectivity index (χ4n) is 7.95. The lowest BCUT2D eigenvalue weighted by atomic mass is 9.77. The quantitative estimate of drug-likeness (QED) is 0.175. The van der Waals surface area contributed by atoms with Gasteiger partial charge in [0.2, 0.25) is 0 Å². The van der Waals surface area contributed by atoms with E-state index in [-0.39, 0.29) is 11.6 Å². The maximum Gasteiger partial charge on any atom is 0.164 e. The smallest absolute Gasteiger partial charge is 0.164 e. The van der Waals surface area contributed by atoms with Crippen molar-refractivity contribution in [1.29, 1.82) is 0 Å². The Bertz CT molecular complexity index is 2810. The molecule has 1 unspecified atom stereocenters. The number of aliphatic imine (C=N–C) groups is 2.